The normalized spacial score (nSPS) is 15.5. The lowest BCUT2D eigenvalue weighted by atomic mass is 10.2. The number of amides is 1. The molecule has 2 heterocycles. The van der Waals surface area contributed by atoms with Crippen LogP contribution < -0.4 is 0 Å². The van der Waals surface area contributed by atoms with E-state index in [1.165, 1.54) is 0 Å². The maximum atomic E-state index is 12.5. The number of rotatable bonds is 5. The van der Waals surface area contributed by atoms with Crippen molar-refractivity contribution < 1.29 is 4.79 Å². The highest BCUT2D eigenvalue weighted by Gasteiger charge is 2.21. The average molecular weight is 507 g/mol. The quantitative estimate of drug-likeness (QED) is 0.578. The Morgan fingerprint density at radius 3 is 2.58 bits per heavy atom. The average Bonchev–Trinajstić information content (AvgIpc) is 2.94. The summed E-state index contributed by atoms with van der Waals surface area (Å²) in [5.74, 6) is 0.194. The lowest BCUT2D eigenvalue weighted by Crippen LogP contribution is -2.48. The van der Waals surface area contributed by atoms with Crippen molar-refractivity contribution in [2.75, 3.05) is 26.2 Å². The number of aromatic nitrogens is 2. The Kier molecular flexibility index (Phi) is 6.82. The Hall–Kier alpha value is -0.830. The number of nitrogens with zero attached hydrogens (tertiary/aromatic N) is 4. The summed E-state index contributed by atoms with van der Waals surface area (Å²) in [6, 6.07) is 5.60. The number of piperazine rings is 1. The van der Waals surface area contributed by atoms with Gasteiger partial charge in [0.2, 0.25) is 5.91 Å². The standard InChI is InChI=1S/C18H21Cl2IN4O/c1-13-17(21)11-22-25(13)5-4-18(26)24-8-6-23(7-9-24)12-14-2-3-15(19)10-16(14)20/h2-3,10-11H,4-9,12H2,1H3. The molecule has 1 saturated heterocycles. The van der Waals surface area contributed by atoms with Crippen molar-refractivity contribution in [3.63, 3.8) is 0 Å². The molecule has 1 aromatic heterocycles. The molecule has 26 heavy (non-hydrogen) atoms. The van der Waals surface area contributed by atoms with Crippen LogP contribution in [0.25, 0.3) is 0 Å². The van der Waals surface area contributed by atoms with Gasteiger partial charge in [-0.15, -0.1) is 0 Å². The van der Waals surface area contributed by atoms with Crippen molar-refractivity contribution in [1.29, 1.82) is 0 Å². The number of hydrogen-bond acceptors (Lipinski definition) is 3. The molecule has 8 heteroatoms. The van der Waals surface area contributed by atoms with Crippen molar-refractivity contribution in [3.8, 4) is 0 Å². The zero-order valence-corrected chi connectivity index (χ0v) is 18.3. The second-order valence-corrected chi connectivity index (χ2v) is 8.45. The molecule has 1 aliphatic heterocycles. The molecule has 0 saturated carbocycles. The van der Waals surface area contributed by atoms with Gasteiger partial charge in [-0.2, -0.15) is 5.10 Å². The van der Waals surface area contributed by atoms with Crippen molar-refractivity contribution in [2.45, 2.75) is 26.4 Å². The van der Waals surface area contributed by atoms with Gasteiger partial charge in [-0.3, -0.25) is 14.4 Å². The Balaban J connectivity index is 1.47. The van der Waals surface area contributed by atoms with Crippen LogP contribution in [0.2, 0.25) is 10.0 Å². The summed E-state index contributed by atoms with van der Waals surface area (Å²) in [6.07, 6.45) is 2.32. The van der Waals surface area contributed by atoms with Crippen LogP contribution in [0.5, 0.6) is 0 Å². The third-order valence-electron chi connectivity index (χ3n) is 4.71. The van der Waals surface area contributed by atoms with Gasteiger partial charge in [0.25, 0.3) is 0 Å². The number of aryl methyl sites for hydroxylation is 1. The van der Waals surface area contributed by atoms with Crippen LogP contribution in [-0.4, -0.2) is 51.7 Å². The minimum absolute atomic E-state index is 0.194. The zero-order chi connectivity index (χ0) is 18.7. The maximum absolute atomic E-state index is 12.5. The predicted octanol–water partition coefficient (Wildman–Crippen LogP) is 3.84. The molecule has 1 fully saturated rings. The summed E-state index contributed by atoms with van der Waals surface area (Å²) in [6.45, 7) is 6.64. The van der Waals surface area contributed by atoms with Crippen molar-refractivity contribution in [2.24, 2.45) is 0 Å². The molecule has 0 radical (unpaired) electrons. The first-order valence-corrected chi connectivity index (χ1v) is 10.4. The molecule has 140 valence electrons. The van der Waals surface area contributed by atoms with Crippen LogP contribution in [0.4, 0.5) is 0 Å². The van der Waals surface area contributed by atoms with E-state index in [0.29, 0.717) is 23.0 Å². The van der Waals surface area contributed by atoms with E-state index < -0.39 is 0 Å². The van der Waals surface area contributed by atoms with E-state index in [4.69, 9.17) is 23.2 Å². The topological polar surface area (TPSA) is 41.4 Å². The fraction of sp³-hybridized carbons (Fsp3) is 0.444. The SMILES string of the molecule is Cc1c(I)cnn1CCC(=O)N1CCN(Cc2ccc(Cl)cc2Cl)CC1. The molecule has 0 atom stereocenters. The number of halogens is 3. The molecule has 0 aliphatic carbocycles. The summed E-state index contributed by atoms with van der Waals surface area (Å²) >= 11 is 14.5. The third-order valence-corrected chi connectivity index (χ3v) is 6.36. The highest BCUT2D eigenvalue weighted by atomic mass is 127. The summed E-state index contributed by atoms with van der Waals surface area (Å²) < 4.78 is 3.03. The van der Waals surface area contributed by atoms with Gasteiger partial charge in [0.1, 0.15) is 0 Å². The van der Waals surface area contributed by atoms with Gasteiger partial charge >= 0.3 is 0 Å². The van der Waals surface area contributed by atoms with E-state index in [0.717, 1.165) is 47.6 Å². The van der Waals surface area contributed by atoms with Crippen LogP contribution >= 0.6 is 45.8 Å². The van der Waals surface area contributed by atoms with Crippen LogP contribution in [-0.2, 0) is 17.9 Å². The van der Waals surface area contributed by atoms with Crippen LogP contribution in [0.15, 0.2) is 24.4 Å². The molecule has 0 bridgehead atoms. The Labute approximate surface area is 177 Å². The van der Waals surface area contributed by atoms with Gasteiger partial charge in [0.05, 0.1) is 9.77 Å². The highest BCUT2D eigenvalue weighted by Crippen LogP contribution is 2.22. The molecule has 0 spiro atoms. The smallest absolute Gasteiger partial charge is 0.224 e. The van der Waals surface area contributed by atoms with Gasteiger partial charge in [-0.1, -0.05) is 29.3 Å². The second-order valence-electron chi connectivity index (χ2n) is 6.44. The fourth-order valence-electron chi connectivity index (χ4n) is 3.05. The van der Waals surface area contributed by atoms with E-state index >= 15 is 0 Å². The first-order valence-electron chi connectivity index (χ1n) is 8.56. The molecular weight excluding hydrogens is 486 g/mol. The predicted molar refractivity (Wildman–Crippen MR) is 113 cm³/mol. The summed E-state index contributed by atoms with van der Waals surface area (Å²) in [5.41, 5.74) is 2.18. The van der Waals surface area contributed by atoms with E-state index in [-0.39, 0.29) is 5.91 Å². The minimum atomic E-state index is 0.194. The van der Waals surface area contributed by atoms with Crippen LogP contribution in [0.1, 0.15) is 17.7 Å². The fourth-order valence-corrected chi connectivity index (χ4v) is 3.93. The lowest BCUT2D eigenvalue weighted by molar-refractivity contribution is -0.133. The van der Waals surface area contributed by atoms with Gasteiger partial charge in [0, 0.05) is 61.4 Å². The molecular formula is C18H21Cl2IN4O. The summed E-state index contributed by atoms with van der Waals surface area (Å²) in [7, 11) is 0. The number of carbonyl (C=O) groups excluding carboxylic acids is 1. The van der Waals surface area contributed by atoms with Gasteiger partial charge in [-0.05, 0) is 47.2 Å². The third kappa shape index (κ3) is 4.91. The summed E-state index contributed by atoms with van der Waals surface area (Å²) in [4.78, 5) is 16.7. The molecule has 1 aromatic carbocycles. The first kappa shape index (κ1) is 19.9. The first-order chi connectivity index (χ1) is 12.4. The Morgan fingerprint density at radius 1 is 1.23 bits per heavy atom. The van der Waals surface area contributed by atoms with E-state index in [1.807, 2.05) is 34.8 Å². The summed E-state index contributed by atoms with van der Waals surface area (Å²) in [5, 5.41) is 5.66. The second kappa shape index (κ2) is 8.91. The lowest BCUT2D eigenvalue weighted by Gasteiger charge is -2.35. The Morgan fingerprint density at radius 2 is 1.96 bits per heavy atom. The van der Waals surface area contributed by atoms with Crippen LogP contribution in [0, 0.1) is 10.5 Å². The molecule has 1 amide bonds. The molecule has 1 aliphatic rings. The van der Waals surface area contributed by atoms with E-state index in [1.54, 1.807) is 6.07 Å². The van der Waals surface area contributed by atoms with Crippen LogP contribution in [0.3, 0.4) is 0 Å². The molecule has 0 N–H and O–H groups in total. The van der Waals surface area contributed by atoms with Crippen molar-refractivity contribution in [1.82, 2.24) is 19.6 Å². The van der Waals surface area contributed by atoms with Gasteiger partial charge in [-0.25, -0.2) is 0 Å². The highest BCUT2D eigenvalue weighted by molar-refractivity contribution is 14.1. The van der Waals surface area contributed by atoms with E-state index in [9.17, 15) is 4.79 Å². The van der Waals surface area contributed by atoms with Crippen molar-refractivity contribution >= 4 is 51.7 Å². The number of benzene rings is 1. The molecule has 2 aromatic rings. The van der Waals surface area contributed by atoms with Gasteiger partial charge in [0.15, 0.2) is 0 Å². The maximum Gasteiger partial charge on any atom is 0.224 e. The zero-order valence-electron chi connectivity index (χ0n) is 14.6. The number of carbonyl (C=O) groups is 1. The molecule has 3 rings (SSSR count). The van der Waals surface area contributed by atoms with E-state index in [2.05, 4.69) is 32.6 Å². The molecule has 0 unspecified atom stereocenters. The Bertz CT molecular complexity index is 787. The van der Waals surface area contributed by atoms with Crippen molar-refractivity contribution in [3.05, 3.63) is 49.3 Å². The minimum Gasteiger partial charge on any atom is -0.340 e. The largest absolute Gasteiger partial charge is 0.340 e. The molecule has 5 nitrogen and oxygen atoms in total. The monoisotopic (exact) mass is 506 g/mol. The van der Waals surface area contributed by atoms with Gasteiger partial charge < -0.3 is 4.90 Å². The number of hydrogen-bond donors (Lipinski definition) is 0.